The number of anilines is 2. The smallest absolute Gasteiger partial charge is 0.264 e. The Morgan fingerprint density at radius 1 is 0.919 bits per heavy atom. The fourth-order valence-electron chi connectivity index (χ4n) is 4.33. The molecule has 0 aliphatic carbocycles. The van der Waals surface area contributed by atoms with Crippen molar-refractivity contribution >= 4 is 50.5 Å². The van der Waals surface area contributed by atoms with Crippen molar-refractivity contribution in [2.24, 2.45) is 0 Å². The van der Waals surface area contributed by atoms with Gasteiger partial charge >= 0.3 is 0 Å². The quantitative estimate of drug-likeness (QED) is 0.275. The number of hydrogen-bond acceptors (Lipinski definition) is 4. The summed E-state index contributed by atoms with van der Waals surface area (Å²) in [6.07, 6.45) is 0.475. The zero-order valence-electron chi connectivity index (χ0n) is 19.7. The van der Waals surface area contributed by atoms with Crippen molar-refractivity contribution in [3.8, 4) is 11.5 Å². The minimum atomic E-state index is -3.80. The van der Waals surface area contributed by atoms with Crippen LogP contribution in [0.4, 0.5) is 11.4 Å². The number of amides is 1. The van der Waals surface area contributed by atoms with Gasteiger partial charge in [-0.2, -0.15) is 0 Å². The Kier molecular flexibility index (Phi) is 6.86. The maximum absolute atomic E-state index is 13.4. The summed E-state index contributed by atoms with van der Waals surface area (Å²) in [4.78, 5) is 13.3. The zero-order valence-corrected chi connectivity index (χ0v) is 22.0. The van der Waals surface area contributed by atoms with Crippen LogP contribution in [0.3, 0.4) is 0 Å². The third-order valence-electron chi connectivity index (χ3n) is 6.03. The summed E-state index contributed by atoms with van der Waals surface area (Å²) in [5.41, 5.74) is 2.13. The van der Waals surface area contributed by atoms with Gasteiger partial charge in [0.05, 0.1) is 16.3 Å². The lowest BCUT2D eigenvalue weighted by Gasteiger charge is -2.24. The first-order valence-corrected chi connectivity index (χ1v) is 13.7. The second-order valence-electron chi connectivity index (χ2n) is 8.66. The maximum atomic E-state index is 13.4. The molecule has 4 aromatic rings. The van der Waals surface area contributed by atoms with E-state index in [-0.39, 0.29) is 16.8 Å². The van der Waals surface area contributed by atoms with Crippen LogP contribution in [0.2, 0.25) is 10.0 Å². The summed E-state index contributed by atoms with van der Waals surface area (Å²) >= 11 is 12.1. The van der Waals surface area contributed by atoms with Crippen molar-refractivity contribution in [3.05, 3.63) is 112 Å². The van der Waals surface area contributed by atoms with E-state index in [0.717, 1.165) is 5.56 Å². The minimum Gasteiger partial charge on any atom is -0.455 e. The summed E-state index contributed by atoms with van der Waals surface area (Å²) < 4.78 is 34.1. The number of nitrogens with zero attached hydrogens (tertiary/aromatic N) is 1. The normalized spacial score (nSPS) is 14.8. The Hall–Kier alpha value is -3.52. The molecule has 1 amide bonds. The summed E-state index contributed by atoms with van der Waals surface area (Å²) in [6, 6.07) is 25.0. The van der Waals surface area contributed by atoms with Gasteiger partial charge in [0.25, 0.3) is 15.9 Å². The van der Waals surface area contributed by atoms with Crippen molar-refractivity contribution in [2.75, 3.05) is 9.62 Å². The van der Waals surface area contributed by atoms with Crippen LogP contribution in [0.5, 0.6) is 11.5 Å². The highest BCUT2D eigenvalue weighted by molar-refractivity contribution is 7.92. The average molecular weight is 553 g/mol. The summed E-state index contributed by atoms with van der Waals surface area (Å²) in [5.74, 6) is 0.697. The molecule has 1 N–H and O–H groups in total. The topological polar surface area (TPSA) is 75.7 Å². The van der Waals surface area contributed by atoms with Gasteiger partial charge < -0.3 is 10.1 Å². The van der Waals surface area contributed by atoms with Gasteiger partial charge in [0.2, 0.25) is 0 Å². The molecule has 1 heterocycles. The molecule has 4 aromatic carbocycles. The van der Waals surface area contributed by atoms with E-state index in [1.165, 1.54) is 16.4 Å². The first-order chi connectivity index (χ1) is 17.7. The number of carbonyl (C=O) groups is 1. The van der Waals surface area contributed by atoms with Gasteiger partial charge in [-0.05, 0) is 91.7 Å². The molecule has 188 valence electrons. The fourth-order valence-corrected chi connectivity index (χ4v) is 6.32. The highest BCUT2D eigenvalue weighted by Crippen LogP contribution is 2.38. The summed E-state index contributed by atoms with van der Waals surface area (Å²) in [7, 11) is -3.80. The van der Waals surface area contributed by atoms with Gasteiger partial charge in [-0.1, -0.05) is 41.4 Å². The fraction of sp³-hybridized carbons (Fsp3) is 0.107. The summed E-state index contributed by atoms with van der Waals surface area (Å²) in [5, 5.41) is 3.78. The molecule has 1 aliphatic rings. The van der Waals surface area contributed by atoms with E-state index >= 15 is 0 Å². The molecule has 37 heavy (non-hydrogen) atoms. The number of rotatable bonds is 6. The SMILES string of the molecule is C[C@H]1Cc2cc(C(=O)Nc3cc(Cl)ccc3Oc3ccccc3)ccc2N1S(=O)(=O)c1ccc(Cl)cc1. The van der Waals surface area contributed by atoms with Gasteiger partial charge in [-0.25, -0.2) is 8.42 Å². The van der Waals surface area contributed by atoms with Crippen LogP contribution in [-0.2, 0) is 16.4 Å². The molecule has 0 spiro atoms. The van der Waals surface area contributed by atoms with E-state index in [1.54, 1.807) is 48.5 Å². The number of ether oxygens (including phenoxy) is 1. The molecule has 0 saturated carbocycles. The number of sulfonamides is 1. The number of carbonyl (C=O) groups excluding carboxylic acids is 1. The molecule has 0 radical (unpaired) electrons. The Bertz CT molecular complexity index is 1580. The molecule has 0 fully saturated rings. The Morgan fingerprint density at radius 2 is 1.62 bits per heavy atom. The van der Waals surface area contributed by atoms with Gasteiger partial charge in [0.15, 0.2) is 5.75 Å². The molecular formula is C28H22Cl2N2O4S. The van der Waals surface area contributed by atoms with Crippen LogP contribution in [-0.4, -0.2) is 20.4 Å². The van der Waals surface area contributed by atoms with Gasteiger partial charge in [-0.15, -0.1) is 0 Å². The Balaban J connectivity index is 1.41. The molecule has 0 unspecified atom stereocenters. The average Bonchev–Trinajstić information content (AvgIpc) is 3.22. The van der Waals surface area contributed by atoms with Gasteiger partial charge in [0.1, 0.15) is 5.75 Å². The predicted molar refractivity (Wildman–Crippen MR) is 147 cm³/mol. The molecule has 6 nitrogen and oxygen atoms in total. The van der Waals surface area contributed by atoms with Crippen LogP contribution < -0.4 is 14.4 Å². The monoisotopic (exact) mass is 552 g/mol. The lowest BCUT2D eigenvalue weighted by molar-refractivity contribution is 0.102. The molecule has 0 aromatic heterocycles. The first-order valence-electron chi connectivity index (χ1n) is 11.5. The highest BCUT2D eigenvalue weighted by Gasteiger charge is 2.36. The lowest BCUT2D eigenvalue weighted by atomic mass is 10.1. The molecular weight excluding hydrogens is 531 g/mol. The molecule has 1 atom stereocenters. The highest BCUT2D eigenvalue weighted by atomic mass is 35.5. The van der Waals surface area contributed by atoms with E-state index in [4.69, 9.17) is 27.9 Å². The van der Waals surface area contributed by atoms with Crippen LogP contribution in [0.1, 0.15) is 22.8 Å². The van der Waals surface area contributed by atoms with E-state index in [1.807, 2.05) is 37.3 Å². The van der Waals surface area contributed by atoms with E-state index in [0.29, 0.717) is 44.9 Å². The van der Waals surface area contributed by atoms with E-state index in [2.05, 4.69) is 5.32 Å². The third kappa shape index (κ3) is 5.16. The van der Waals surface area contributed by atoms with Crippen molar-refractivity contribution < 1.29 is 17.9 Å². The summed E-state index contributed by atoms with van der Waals surface area (Å²) in [6.45, 7) is 1.84. The zero-order chi connectivity index (χ0) is 26.2. The molecule has 0 saturated heterocycles. The number of nitrogens with one attached hydrogen (secondary N) is 1. The maximum Gasteiger partial charge on any atom is 0.264 e. The number of hydrogen-bond donors (Lipinski definition) is 1. The standard InChI is InChI=1S/C28H22Cl2N2O4S/c1-18-15-20-16-19(7-13-26(20)32(18)37(34,35)24-11-8-21(29)9-12-24)28(33)31-25-17-22(30)10-14-27(25)36-23-5-3-2-4-6-23/h2-14,16-18H,15H2,1H3,(H,31,33)/t18-/m0/s1. The van der Waals surface area contributed by atoms with Crippen LogP contribution in [0.15, 0.2) is 95.9 Å². The number of para-hydroxylation sites is 1. The van der Waals surface area contributed by atoms with Crippen molar-refractivity contribution in [1.82, 2.24) is 0 Å². The molecule has 0 bridgehead atoms. The van der Waals surface area contributed by atoms with Crippen molar-refractivity contribution in [1.29, 1.82) is 0 Å². The Labute approximate surface area is 225 Å². The van der Waals surface area contributed by atoms with Gasteiger partial charge in [0, 0.05) is 21.7 Å². The van der Waals surface area contributed by atoms with E-state index in [9.17, 15) is 13.2 Å². The molecule has 1 aliphatic heterocycles. The van der Waals surface area contributed by atoms with Crippen LogP contribution in [0.25, 0.3) is 0 Å². The number of benzene rings is 4. The number of halogens is 2. The lowest BCUT2D eigenvalue weighted by Crippen LogP contribution is -2.35. The van der Waals surface area contributed by atoms with Crippen molar-refractivity contribution in [2.45, 2.75) is 24.3 Å². The second-order valence-corrected chi connectivity index (χ2v) is 11.3. The number of fused-ring (bicyclic) bond motifs is 1. The largest absolute Gasteiger partial charge is 0.455 e. The van der Waals surface area contributed by atoms with Gasteiger partial charge in [-0.3, -0.25) is 9.10 Å². The van der Waals surface area contributed by atoms with Crippen LogP contribution in [0, 0.1) is 0 Å². The third-order valence-corrected chi connectivity index (χ3v) is 8.46. The van der Waals surface area contributed by atoms with Crippen LogP contribution >= 0.6 is 23.2 Å². The molecule has 9 heteroatoms. The Morgan fingerprint density at radius 3 is 2.35 bits per heavy atom. The molecule has 5 rings (SSSR count). The van der Waals surface area contributed by atoms with E-state index < -0.39 is 10.0 Å². The second kappa shape index (κ2) is 10.1. The minimum absolute atomic E-state index is 0.158. The van der Waals surface area contributed by atoms with Crippen molar-refractivity contribution in [3.63, 3.8) is 0 Å². The first kappa shape index (κ1) is 25.1. The predicted octanol–water partition coefficient (Wildman–Crippen LogP) is 7.18.